The van der Waals surface area contributed by atoms with Crippen LogP contribution in [0.3, 0.4) is 0 Å². The van der Waals surface area contributed by atoms with E-state index in [9.17, 15) is 5.11 Å². The summed E-state index contributed by atoms with van der Waals surface area (Å²) in [5.74, 6) is 1.71. The van der Waals surface area contributed by atoms with E-state index in [1.54, 1.807) is 19.5 Å². The number of benzene rings is 1. The van der Waals surface area contributed by atoms with Crippen LogP contribution in [0.5, 0.6) is 0 Å². The topological polar surface area (TPSA) is 102 Å². The molecule has 0 saturated carbocycles. The second-order valence-corrected chi connectivity index (χ2v) is 9.56. The maximum absolute atomic E-state index is 11.0. The van der Waals surface area contributed by atoms with Crippen LogP contribution in [0.25, 0.3) is 0 Å². The molecule has 3 N–H and O–H groups in total. The highest BCUT2D eigenvalue weighted by Crippen LogP contribution is 2.38. The number of anilines is 5. The molecule has 9 heteroatoms. The van der Waals surface area contributed by atoms with Gasteiger partial charge in [0.25, 0.3) is 0 Å². The smallest absolute Gasteiger partial charge is 0.229 e. The summed E-state index contributed by atoms with van der Waals surface area (Å²) >= 11 is 0. The maximum atomic E-state index is 11.0. The minimum absolute atomic E-state index is 0.476. The second kappa shape index (κ2) is 10.2. The number of piperazine rings is 1. The number of hydrogen-bond donors (Lipinski definition) is 3. The number of nitrogens with one attached hydrogen (secondary N) is 2. The lowest BCUT2D eigenvalue weighted by molar-refractivity contribution is 0.0307. The predicted octanol–water partition coefficient (Wildman–Crippen LogP) is 3.70. The zero-order valence-electron chi connectivity index (χ0n) is 21.2. The number of pyridine rings is 1. The molecule has 1 saturated heterocycles. The summed E-state index contributed by atoms with van der Waals surface area (Å²) in [6, 6.07) is 12.3. The molecular formula is C27H34N8O. The third kappa shape index (κ3) is 5.03. The van der Waals surface area contributed by atoms with Crippen LogP contribution in [0.1, 0.15) is 36.6 Å². The Kier molecular flexibility index (Phi) is 6.84. The standard InChI is InChI=1S/C27H34N8O/c1-4-27(36)12-11-19-5-10-23(31-24(19)27)32-25-20(17-28-2)18-29-26(33-25)30-21-6-8-22(9-7-21)35-15-13-34(3)14-16-35/h5-10,17-18,36H,4,11-16H2,1-3H3,(H2,29,30,31,32,33). The van der Waals surface area contributed by atoms with Crippen LogP contribution in [0.15, 0.2) is 47.6 Å². The fraction of sp³-hybridized carbons (Fsp3) is 0.407. The van der Waals surface area contributed by atoms with Gasteiger partial charge < -0.3 is 25.5 Å². The van der Waals surface area contributed by atoms with Crippen molar-refractivity contribution in [2.24, 2.45) is 4.99 Å². The number of likely N-dealkylation sites (N-methyl/N-ethyl adjacent to an activating group) is 1. The van der Waals surface area contributed by atoms with Crippen molar-refractivity contribution >= 4 is 35.2 Å². The van der Waals surface area contributed by atoms with Gasteiger partial charge in [0.1, 0.15) is 17.2 Å². The summed E-state index contributed by atoms with van der Waals surface area (Å²) < 4.78 is 0. The number of aryl methyl sites for hydroxylation is 1. The molecule has 0 spiro atoms. The molecule has 2 aliphatic rings. The van der Waals surface area contributed by atoms with Gasteiger partial charge in [-0.05, 0) is 62.2 Å². The minimum Gasteiger partial charge on any atom is -0.384 e. The summed E-state index contributed by atoms with van der Waals surface area (Å²) in [4.78, 5) is 22.8. The monoisotopic (exact) mass is 486 g/mol. The molecule has 0 radical (unpaired) electrons. The van der Waals surface area contributed by atoms with Crippen molar-refractivity contribution in [1.82, 2.24) is 19.9 Å². The number of aliphatic hydroxyl groups is 1. The molecule has 188 valence electrons. The van der Waals surface area contributed by atoms with Gasteiger partial charge in [-0.25, -0.2) is 9.97 Å². The molecule has 2 aromatic heterocycles. The van der Waals surface area contributed by atoms with Crippen LogP contribution in [0, 0.1) is 0 Å². The van der Waals surface area contributed by atoms with Gasteiger partial charge in [-0.3, -0.25) is 4.99 Å². The van der Waals surface area contributed by atoms with E-state index < -0.39 is 5.60 Å². The van der Waals surface area contributed by atoms with Crippen molar-refractivity contribution in [2.45, 2.75) is 31.8 Å². The number of rotatable bonds is 7. The number of fused-ring (bicyclic) bond motifs is 1. The highest BCUT2D eigenvalue weighted by molar-refractivity contribution is 5.87. The Bertz CT molecular complexity index is 1240. The highest BCUT2D eigenvalue weighted by Gasteiger charge is 2.36. The quantitative estimate of drug-likeness (QED) is 0.435. The van der Waals surface area contributed by atoms with Crippen molar-refractivity contribution in [3.63, 3.8) is 0 Å². The largest absolute Gasteiger partial charge is 0.384 e. The fourth-order valence-corrected chi connectivity index (χ4v) is 4.82. The number of aliphatic imine (C=N–C) groups is 1. The molecule has 1 fully saturated rings. The van der Waals surface area contributed by atoms with Crippen LogP contribution in [-0.2, 0) is 12.0 Å². The molecule has 1 atom stereocenters. The summed E-state index contributed by atoms with van der Waals surface area (Å²) in [6.45, 7) is 6.22. The third-order valence-electron chi connectivity index (χ3n) is 7.14. The number of hydrogen-bond acceptors (Lipinski definition) is 9. The summed E-state index contributed by atoms with van der Waals surface area (Å²) in [5.41, 5.74) is 3.89. The maximum Gasteiger partial charge on any atom is 0.229 e. The molecule has 9 nitrogen and oxygen atoms in total. The first kappa shape index (κ1) is 24.1. The van der Waals surface area contributed by atoms with E-state index in [-0.39, 0.29) is 0 Å². The molecule has 3 heterocycles. The SMILES string of the molecule is CCC1(O)CCc2ccc(Nc3nc(Nc4ccc(N5CCN(C)CC5)cc4)ncc3C=NC)nc21. The highest BCUT2D eigenvalue weighted by atomic mass is 16.3. The average molecular weight is 487 g/mol. The molecule has 1 unspecified atom stereocenters. The zero-order valence-corrected chi connectivity index (χ0v) is 21.2. The van der Waals surface area contributed by atoms with Crippen LogP contribution < -0.4 is 15.5 Å². The number of nitrogens with zero attached hydrogens (tertiary/aromatic N) is 6. The Hall–Kier alpha value is -3.56. The summed E-state index contributed by atoms with van der Waals surface area (Å²) in [6.07, 6.45) is 5.64. The minimum atomic E-state index is -0.866. The zero-order chi connectivity index (χ0) is 25.1. The van der Waals surface area contributed by atoms with Crippen molar-refractivity contribution in [1.29, 1.82) is 0 Å². The van der Waals surface area contributed by atoms with Gasteiger partial charge in [-0.2, -0.15) is 4.98 Å². The average Bonchev–Trinajstić information content (AvgIpc) is 3.23. The van der Waals surface area contributed by atoms with Gasteiger partial charge in [0.15, 0.2) is 0 Å². The van der Waals surface area contributed by atoms with Crippen LogP contribution in [0.2, 0.25) is 0 Å². The van der Waals surface area contributed by atoms with Crippen LogP contribution >= 0.6 is 0 Å². The lowest BCUT2D eigenvalue weighted by Gasteiger charge is -2.34. The Morgan fingerprint density at radius 1 is 1.06 bits per heavy atom. The van der Waals surface area contributed by atoms with Gasteiger partial charge in [-0.1, -0.05) is 13.0 Å². The molecule has 1 aromatic carbocycles. The van der Waals surface area contributed by atoms with Crippen LogP contribution in [-0.4, -0.2) is 71.4 Å². The lowest BCUT2D eigenvalue weighted by atomic mass is 9.98. The molecule has 1 aliphatic carbocycles. The van der Waals surface area contributed by atoms with E-state index in [1.807, 2.05) is 19.1 Å². The van der Waals surface area contributed by atoms with Gasteiger partial charge in [0, 0.05) is 57.0 Å². The van der Waals surface area contributed by atoms with E-state index in [0.29, 0.717) is 30.4 Å². The predicted molar refractivity (Wildman–Crippen MR) is 145 cm³/mol. The van der Waals surface area contributed by atoms with Crippen molar-refractivity contribution < 1.29 is 5.11 Å². The fourth-order valence-electron chi connectivity index (χ4n) is 4.82. The molecule has 1 aliphatic heterocycles. The van der Waals surface area contributed by atoms with Crippen molar-refractivity contribution in [3.8, 4) is 0 Å². The molecule has 36 heavy (non-hydrogen) atoms. The van der Waals surface area contributed by atoms with E-state index >= 15 is 0 Å². The van der Waals surface area contributed by atoms with Crippen molar-refractivity contribution in [2.75, 3.05) is 55.8 Å². The molecule has 0 amide bonds. The Labute approximate surface area is 212 Å². The van der Waals surface area contributed by atoms with E-state index in [1.165, 1.54) is 5.69 Å². The normalized spacial score (nSPS) is 20.1. The lowest BCUT2D eigenvalue weighted by Crippen LogP contribution is -2.44. The summed E-state index contributed by atoms with van der Waals surface area (Å²) in [5, 5.41) is 17.6. The van der Waals surface area contributed by atoms with Gasteiger partial charge in [-0.15, -0.1) is 0 Å². The van der Waals surface area contributed by atoms with Gasteiger partial charge in [0.05, 0.1) is 11.3 Å². The van der Waals surface area contributed by atoms with E-state index in [2.05, 4.69) is 61.7 Å². The van der Waals surface area contributed by atoms with E-state index in [4.69, 9.17) is 9.97 Å². The Morgan fingerprint density at radius 2 is 1.83 bits per heavy atom. The molecule has 3 aromatic rings. The Morgan fingerprint density at radius 3 is 2.56 bits per heavy atom. The Balaban J connectivity index is 1.34. The van der Waals surface area contributed by atoms with Gasteiger partial charge in [0.2, 0.25) is 5.95 Å². The van der Waals surface area contributed by atoms with Gasteiger partial charge >= 0.3 is 0 Å². The van der Waals surface area contributed by atoms with Crippen molar-refractivity contribution in [3.05, 3.63) is 59.4 Å². The molecule has 0 bridgehead atoms. The first-order valence-corrected chi connectivity index (χ1v) is 12.6. The molecular weight excluding hydrogens is 452 g/mol. The van der Waals surface area contributed by atoms with E-state index in [0.717, 1.165) is 55.1 Å². The number of aromatic nitrogens is 3. The molecule has 5 rings (SSSR count). The third-order valence-corrected chi connectivity index (χ3v) is 7.14. The van der Waals surface area contributed by atoms with Crippen LogP contribution in [0.4, 0.5) is 29.0 Å². The first-order chi connectivity index (χ1) is 17.5. The summed E-state index contributed by atoms with van der Waals surface area (Å²) in [7, 11) is 3.88. The second-order valence-electron chi connectivity index (χ2n) is 9.56. The first-order valence-electron chi connectivity index (χ1n) is 12.6.